The van der Waals surface area contributed by atoms with E-state index < -0.39 is 4.92 Å². The van der Waals surface area contributed by atoms with Crippen LogP contribution < -0.4 is 0 Å². The molecule has 1 aliphatic rings. The van der Waals surface area contributed by atoms with Crippen molar-refractivity contribution in [2.75, 3.05) is 32.7 Å². The number of piperazine rings is 1. The van der Waals surface area contributed by atoms with Crippen molar-refractivity contribution in [3.05, 3.63) is 81.3 Å². The normalized spacial score (nSPS) is 14.5. The molecule has 2 heterocycles. The number of oxazole rings is 1. The van der Waals surface area contributed by atoms with Crippen LogP contribution in [0, 0.1) is 10.1 Å². The summed E-state index contributed by atoms with van der Waals surface area (Å²) in [6.45, 7) is 3.68. The van der Waals surface area contributed by atoms with Crippen LogP contribution in [-0.2, 0) is 17.6 Å². The highest BCUT2D eigenvalue weighted by Crippen LogP contribution is 2.24. The van der Waals surface area contributed by atoms with Gasteiger partial charge in [-0.25, -0.2) is 4.98 Å². The summed E-state index contributed by atoms with van der Waals surface area (Å²) in [6, 6.07) is 13.7. The Kier molecular flexibility index (Phi) is 6.82. The van der Waals surface area contributed by atoms with Gasteiger partial charge in [0.25, 0.3) is 5.69 Å². The van der Waals surface area contributed by atoms with Gasteiger partial charge in [0, 0.05) is 61.9 Å². The summed E-state index contributed by atoms with van der Waals surface area (Å²) in [5.74, 6) is 1.19. The van der Waals surface area contributed by atoms with Crippen LogP contribution in [0.5, 0.6) is 0 Å². The minimum atomic E-state index is -0.431. The molecule has 166 valence electrons. The second-order valence-electron chi connectivity index (χ2n) is 7.67. The first-order valence-corrected chi connectivity index (χ1v) is 10.8. The van der Waals surface area contributed by atoms with Crippen molar-refractivity contribution in [1.29, 1.82) is 0 Å². The SMILES string of the molecule is O=C(Cc1ccccc1Cl)N1CCN(CCc2ncc(-c3cccc([N+](=O)[O-])c3)o2)CC1. The number of aromatic nitrogens is 1. The second kappa shape index (κ2) is 9.93. The minimum Gasteiger partial charge on any atom is -0.441 e. The van der Waals surface area contributed by atoms with Crippen molar-refractivity contribution in [3.63, 3.8) is 0 Å². The number of hydrogen-bond donors (Lipinski definition) is 0. The number of nitro benzene ring substituents is 1. The third kappa shape index (κ3) is 5.33. The summed E-state index contributed by atoms with van der Waals surface area (Å²) < 4.78 is 5.80. The number of halogens is 1. The number of nitrogens with zero attached hydrogens (tertiary/aromatic N) is 4. The van der Waals surface area contributed by atoms with Gasteiger partial charge in [0.1, 0.15) is 0 Å². The molecule has 0 radical (unpaired) electrons. The van der Waals surface area contributed by atoms with Gasteiger partial charge < -0.3 is 9.32 Å². The van der Waals surface area contributed by atoms with Crippen LogP contribution in [0.3, 0.4) is 0 Å². The van der Waals surface area contributed by atoms with E-state index in [2.05, 4.69) is 9.88 Å². The van der Waals surface area contributed by atoms with Crippen molar-refractivity contribution >= 4 is 23.2 Å². The molecule has 9 heteroatoms. The number of non-ortho nitro benzene ring substituents is 1. The molecular formula is C23H23ClN4O4. The molecule has 3 aromatic rings. The van der Waals surface area contributed by atoms with E-state index in [1.54, 1.807) is 24.4 Å². The largest absolute Gasteiger partial charge is 0.441 e. The molecule has 2 aromatic carbocycles. The summed E-state index contributed by atoms with van der Waals surface area (Å²) in [6.07, 6.45) is 2.54. The van der Waals surface area contributed by atoms with Gasteiger partial charge in [0.05, 0.1) is 17.5 Å². The lowest BCUT2D eigenvalue weighted by Gasteiger charge is -2.34. The fraction of sp³-hybridized carbons (Fsp3) is 0.304. The Labute approximate surface area is 190 Å². The number of benzene rings is 2. The Morgan fingerprint density at radius 2 is 1.91 bits per heavy atom. The van der Waals surface area contributed by atoms with Crippen LogP contribution in [0.15, 0.2) is 59.1 Å². The molecule has 0 spiro atoms. The lowest BCUT2D eigenvalue weighted by molar-refractivity contribution is -0.384. The maximum Gasteiger partial charge on any atom is 0.270 e. The maximum atomic E-state index is 12.6. The van der Waals surface area contributed by atoms with E-state index in [4.69, 9.17) is 16.0 Å². The molecule has 8 nitrogen and oxygen atoms in total. The van der Waals surface area contributed by atoms with Gasteiger partial charge in [-0.05, 0) is 11.6 Å². The first kappa shape index (κ1) is 22.0. The number of carbonyl (C=O) groups is 1. The zero-order valence-corrected chi connectivity index (χ0v) is 18.2. The predicted molar refractivity (Wildman–Crippen MR) is 120 cm³/mol. The summed E-state index contributed by atoms with van der Waals surface area (Å²) in [5.41, 5.74) is 1.50. The summed E-state index contributed by atoms with van der Waals surface area (Å²) in [5, 5.41) is 11.6. The van der Waals surface area contributed by atoms with Crippen molar-refractivity contribution < 1.29 is 14.1 Å². The van der Waals surface area contributed by atoms with Crippen molar-refractivity contribution in [1.82, 2.24) is 14.8 Å². The molecule has 0 bridgehead atoms. The number of rotatable bonds is 7. The standard InChI is InChI=1S/C23H23ClN4O4/c24-20-7-2-1-4-17(20)15-23(29)27-12-10-26(11-13-27)9-8-22-25-16-21(32-22)18-5-3-6-19(14-18)28(30)31/h1-7,14,16H,8-13,15H2. The van der Waals surface area contributed by atoms with E-state index in [1.165, 1.54) is 12.1 Å². The summed E-state index contributed by atoms with van der Waals surface area (Å²) in [4.78, 5) is 31.6. The molecule has 0 aliphatic carbocycles. The maximum absolute atomic E-state index is 12.6. The van der Waals surface area contributed by atoms with E-state index in [0.717, 1.165) is 25.2 Å². The fourth-order valence-electron chi connectivity index (χ4n) is 3.72. The molecule has 1 aliphatic heterocycles. The quantitative estimate of drug-likeness (QED) is 0.398. The number of hydrogen-bond acceptors (Lipinski definition) is 6. The molecule has 32 heavy (non-hydrogen) atoms. The van der Waals surface area contributed by atoms with Gasteiger partial charge >= 0.3 is 0 Å². The first-order chi connectivity index (χ1) is 15.5. The van der Waals surface area contributed by atoms with Crippen LogP contribution in [0.2, 0.25) is 5.02 Å². The zero-order valence-electron chi connectivity index (χ0n) is 17.4. The third-order valence-electron chi connectivity index (χ3n) is 5.56. The average Bonchev–Trinajstić information content (AvgIpc) is 3.29. The van der Waals surface area contributed by atoms with Gasteiger partial charge in [-0.3, -0.25) is 19.8 Å². The highest BCUT2D eigenvalue weighted by molar-refractivity contribution is 6.31. The van der Waals surface area contributed by atoms with Gasteiger partial charge in [-0.1, -0.05) is 41.9 Å². The van der Waals surface area contributed by atoms with Gasteiger partial charge in [-0.2, -0.15) is 0 Å². The van der Waals surface area contributed by atoms with E-state index in [-0.39, 0.29) is 11.6 Å². The average molecular weight is 455 g/mol. The Bertz CT molecular complexity index is 1110. The summed E-state index contributed by atoms with van der Waals surface area (Å²) >= 11 is 6.17. The van der Waals surface area contributed by atoms with E-state index in [1.807, 2.05) is 23.1 Å². The minimum absolute atomic E-state index is 0.0161. The van der Waals surface area contributed by atoms with Gasteiger partial charge in [0.15, 0.2) is 11.7 Å². The topological polar surface area (TPSA) is 92.7 Å². The van der Waals surface area contributed by atoms with Gasteiger partial charge in [0.2, 0.25) is 5.91 Å². The fourth-order valence-corrected chi connectivity index (χ4v) is 3.93. The van der Waals surface area contributed by atoms with E-state index in [9.17, 15) is 14.9 Å². The molecule has 0 N–H and O–H groups in total. The molecule has 0 saturated carbocycles. The third-order valence-corrected chi connectivity index (χ3v) is 5.93. The van der Waals surface area contributed by atoms with Crippen LogP contribution in [0.25, 0.3) is 11.3 Å². The molecule has 1 fully saturated rings. The van der Waals surface area contributed by atoms with Crippen molar-refractivity contribution in [2.24, 2.45) is 0 Å². The summed E-state index contributed by atoms with van der Waals surface area (Å²) in [7, 11) is 0. The Hall–Kier alpha value is -3.23. The van der Waals surface area contributed by atoms with Crippen LogP contribution in [0.1, 0.15) is 11.5 Å². The predicted octanol–water partition coefficient (Wildman–Crippen LogP) is 3.83. The lowest BCUT2D eigenvalue weighted by atomic mass is 10.1. The van der Waals surface area contributed by atoms with Crippen LogP contribution in [-0.4, -0.2) is 58.3 Å². The molecule has 1 amide bonds. The number of nitro groups is 1. The molecule has 0 unspecified atom stereocenters. The number of carbonyl (C=O) groups excluding carboxylic acids is 1. The molecule has 4 rings (SSSR count). The molecule has 1 aromatic heterocycles. The van der Waals surface area contributed by atoms with E-state index in [0.29, 0.717) is 48.2 Å². The highest BCUT2D eigenvalue weighted by atomic mass is 35.5. The molecule has 0 atom stereocenters. The van der Waals surface area contributed by atoms with Gasteiger partial charge in [-0.15, -0.1) is 0 Å². The number of amides is 1. The Morgan fingerprint density at radius 3 is 2.66 bits per heavy atom. The van der Waals surface area contributed by atoms with E-state index >= 15 is 0 Å². The lowest BCUT2D eigenvalue weighted by Crippen LogP contribution is -2.49. The van der Waals surface area contributed by atoms with Crippen LogP contribution >= 0.6 is 11.6 Å². The molecule has 1 saturated heterocycles. The molecular weight excluding hydrogens is 432 g/mol. The highest BCUT2D eigenvalue weighted by Gasteiger charge is 2.22. The zero-order chi connectivity index (χ0) is 22.5. The van der Waals surface area contributed by atoms with Crippen LogP contribution in [0.4, 0.5) is 5.69 Å². The Morgan fingerprint density at radius 1 is 1.12 bits per heavy atom. The smallest absolute Gasteiger partial charge is 0.270 e. The second-order valence-corrected chi connectivity index (χ2v) is 8.07. The Balaban J connectivity index is 1.26. The van der Waals surface area contributed by atoms with Crippen molar-refractivity contribution in [2.45, 2.75) is 12.8 Å². The first-order valence-electron chi connectivity index (χ1n) is 10.4. The monoisotopic (exact) mass is 454 g/mol. The van der Waals surface area contributed by atoms with Crippen molar-refractivity contribution in [3.8, 4) is 11.3 Å².